The third-order valence-corrected chi connectivity index (χ3v) is 6.81. The molecule has 0 radical (unpaired) electrons. The van der Waals surface area contributed by atoms with Gasteiger partial charge in [0.05, 0.1) is 11.9 Å². The average molecular weight is 494 g/mol. The molecule has 0 aliphatic carbocycles. The number of hydrogen-bond acceptors (Lipinski definition) is 4. The summed E-state index contributed by atoms with van der Waals surface area (Å²) >= 11 is 6.30. The molecular formula is C24H32ClN3O4S. The molecule has 2 rings (SSSR count). The van der Waals surface area contributed by atoms with Crippen LogP contribution in [0.3, 0.4) is 0 Å². The van der Waals surface area contributed by atoms with Gasteiger partial charge in [-0.25, -0.2) is 8.42 Å². The molecule has 0 unspecified atom stereocenters. The second-order valence-corrected chi connectivity index (χ2v) is 10.4. The number of nitrogens with one attached hydrogen (secondary N) is 1. The summed E-state index contributed by atoms with van der Waals surface area (Å²) < 4.78 is 26.1. The highest BCUT2D eigenvalue weighted by molar-refractivity contribution is 7.92. The molecule has 2 aromatic rings. The van der Waals surface area contributed by atoms with E-state index in [9.17, 15) is 18.0 Å². The van der Waals surface area contributed by atoms with Gasteiger partial charge < -0.3 is 10.2 Å². The molecule has 0 fully saturated rings. The van der Waals surface area contributed by atoms with Crippen molar-refractivity contribution < 1.29 is 18.0 Å². The Morgan fingerprint density at radius 3 is 2.30 bits per heavy atom. The Kier molecular flexibility index (Phi) is 9.73. The van der Waals surface area contributed by atoms with E-state index in [0.717, 1.165) is 29.0 Å². The first kappa shape index (κ1) is 26.7. The topological polar surface area (TPSA) is 86.8 Å². The molecule has 0 aliphatic heterocycles. The molecule has 9 heteroatoms. The van der Waals surface area contributed by atoms with Crippen LogP contribution in [0.15, 0.2) is 48.5 Å². The highest BCUT2D eigenvalue weighted by Crippen LogP contribution is 2.21. The minimum Gasteiger partial charge on any atom is -0.354 e. The van der Waals surface area contributed by atoms with Gasteiger partial charge in [0.1, 0.15) is 12.6 Å². The Balaban J connectivity index is 2.35. The number of aryl methyl sites for hydroxylation is 1. The van der Waals surface area contributed by atoms with Crippen LogP contribution in [-0.2, 0) is 26.2 Å². The van der Waals surface area contributed by atoms with Crippen LogP contribution in [0.4, 0.5) is 5.69 Å². The number of carbonyl (C=O) groups excluding carboxylic acids is 2. The van der Waals surface area contributed by atoms with Crippen molar-refractivity contribution in [1.29, 1.82) is 0 Å². The Morgan fingerprint density at radius 2 is 1.73 bits per heavy atom. The van der Waals surface area contributed by atoms with Crippen LogP contribution in [0.25, 0.3) is 0 Å². The second-order valence-electron chi connectivity index (χ2n) is 8.04. The Bertz CT molecular complexity index is 1060. The number of amides is 2. The van der Waals surface area contributed by atoms with Crippen molar-refractivity contribution in [3.05, 3.63) is 64.7 Å². The zero-order valence-corrected chi connectivity index (χ0v) is 21.1. The first-order valence-corrected chi connectivity index (χ1v) is 13.1. The van der Waals surface area contributed by atoms with Crippen molar-refractivity contribution in [3.8, 4) is 0 Å². The maximum atomic E-state index is 13.4. The van der Waals surface area contributed by atoms with Crippen LogP contribution in [0, 0.1) is 6.92 Å². The van der Waals surface area contributed by atoms with Gasteiger partial charge >= 0.3 is 0 Å². The summed E-state index contributed by atoms with van der Waals surface area (Å²) in [7, 11) is -3.74. The summed E-state index contributed by atoms with van der Waals surface area (Å²) in [6.45, 7) is 5.70. The first-order chi connectivity index (χ1) is 15.5. The van der Waals surface area contributed by atoms with Crippen molar-refractivity contribution in [3.63, 3.8) is 0 Å². The summed E-state index contributed by atoms with van der Waals surface area (Å²) in [6, 6.07) is 13.1. The van der Waals surface area contributed by atoms with Gasteiger partial charge in [0.25, 0.3) is 0 Å². The molecule has 0 heterocycles. The molecule has 0 aromatic heterocycles. The van der Waals surface area contributed by atoms with Crippen molar-refractivity contribution in [2.24, 2.45) is 0 Å². The minimum absolute atomic E-state index is 0.0758. The predicted octanol–water partition coefficient (Wildman–Crippen LogP) is 3.75. The Hall–Kier alpha value is -2.58. The Labute approximate surface area is 201 Å². The lowest BCUT2D eigenvalue weighted by molar-refractivity contribution is -0.139. The molecule has 0 saturated heterocycles. The van der Waals surface area contributed by atoms with Gasteiger partial charge in [-0.15, -0.1) is 0 Å². The average Bonchev–Trinajstić information content (AvgIpc) is 2.76. The molecule has 33 heavy (non-hydrogen) atoms. The molecule has 2 aromatic carbocycles. The zero-order chi connectivity index (χ0) is 24.6. The highest BCUT2D eigenvalue weighted by Gasteiger charge is 2.30. The molecule has 1 atom stereocenters. The van der Waals surface area contributed by atoms with Crippen molar-refractivity contribution in [1.82, 2.24) is 10.2 Å². The van der Waals surface area contributed by atoms with Crippen LogP contribution in [0.1, 0.15) is 37.8 Å². The largest absolute Gasteiger partial charge is 0.354 e. The van der Waals surface area contributed by atoms with Crippen molar-refractivity contribution >= 4 is 39.1 Å². The van der Waals surface area contributed by atoms with Crippen LogP contribution < -0.4 is 9.62 Å². The summed E-state index contributed by atoms with van der Waals surface area (Å²) in [5.74, 6) is -0.802. The van der Waals surface area contributed by atoms with E-state index in [0.29, 0.717) is 22.8 Å². The lowest BCUT2D eigenvalue weighted by Gasteiger charge is -2.31. The smallest absolute Gasteiger partial charge is 0.244 e. The van der Waals surface area contributed by atoms with Gasteiger partial charge in [-0.1, -0.05) is 60.8 Å². The van der Waals surface area contributed by atoms with E-state index >= 15 is 0 Å². The predicted molar refractivity (Wildman–Crippen MR) is 133 cm³/mol. The third-order valence-electron chi connectivity index (χ3n) is 5.30. The summed E-state index contributed by atoms with van der Waals surface area (Å²) in [5.41, 5.74) is 2.02. The molecule has 0 saturated carbocycles. The fourth-order valence-electron chi connectivity index (χ4n) is 3.25. The molecule has 7 nitrogen and oxygen atoms in total. The number of anilines is 1. The molecule has 0 bridgehead atoms. The maximum Gasteiger partial charge on any atom is 0.244 e. The van der Waals surface area contributed by atoms with Gasteiger partial charge in [-0.2, -0.15) is 0 Å². The first-order valence-electron chi connectivity index (χ1n) is 10.9. The number of carbonyl (C=O) groups is 2. The number of unbranched alkanes of at least 4 members (excludes halogenated alkanes) is 1. The molecule has 0 spiro atoms. The number of sulfonamides is 1. The third kappa shape index (κ3) is 7.75. The van der Waals surface area contributed by atoms with E-state index in [1.165, 1.54) is 4.90 Å². The monoisotopic (exact) mass is 493 g/mol. The lowest BCUT2D eigenvalue weighted by Crippen LogP contribution is -2.51. The van der Waals surface area contributed by atoms with Gasteiger partial charge in [0.15, 0.2) is 0 Å². The maximum absolute atomic E-state index is 13.4. The zero-order valence-electron chi connectivity index (χ0n) is 19.5. The van der Waals surface area contributed by atoms with E-state index in [1.54, 1.807) is 55.5 Å². The number of benzene rings is 2. The summed E-state index contributed by atoms with van der Waals surface area (Å²) in [5, 5.41) is 3.31. The van der Waals surface area contributed by atoms with Crippen LogP contribution in [0.2, 0.25) is 5.02 Å². The van der Waals surface area contributed by atoms with Gasteiger partial charge in [-0.3, -0.25) is 13.9 Å². The van der Waals surface area contributed by atoms with Gasteiger partial charge in [-0.05, 0) is 44.0 Å². The molecule has 1 N–H and O–H groups in total. The standard InChI is InChI=1S/C24H32ClN3O4S/c1-5-6-15-26-24(30)19(3)27(16-20-9-7-8-10-22(20)25)23(29)17-28(33(4,31)32)21-13-11-18(2)12-14-21/h7-14,19H,5-6,15-17H2,1-4H3,(H,26,30)/t19-/m1/s1. The molecule has 2 amide bonds. The SMILES string of the molecule is CCCCNC(=O)[C@@H](C)N(Cc1ccccc1Cl)C(=O)CN(c1ccc(C)cc1)S(C)(=O)=O. The van der Waals surface area contributed by atoms with E-state index in [-0.39, 0.29) is 12.5 Å². The minimum atomic E-state index is -3.74. The van der Waals surface area contributed by atoms with Crippen molar-refractivity contribution in [2.75, 3.05) is 23.7 Å². The number of nitrogens with zero attached hydrogens (tertiary/aromatic N) is 2. The number of halogens is 1. The van der Waals surface area contributed by atoms with E-state index < -0.39 is 28.5 Å². The fraction of sp³-hybridized carbons (Fsp3) is 0.417. The van der Waals surface area contributed by atoms with E-state index in [2.05, 4.69) is 5.32 Å². The van der Waals surface area contributed by atoms with Gasteiger partial charge in [0, 0.05) is 18.1 Å². The second kappa shape index (κ2) is 12.0. The van der Waals surface area contributed by atoms with E-state index in [1.807, 2.05) is 13.8 Å². The summed E-state index contributed by atoms with van der Waals surface area (Å²) in [6.07, 6.45) is 2.81. The van der Waals surface area contributed by atoms with Crippen LogP contribution in [0.5, 0.6) is 0 Å². The van der Waals surface area contributed by atoms with E-state index in [4.69, 9.17) is 11.6 Å². The molecular weight excluding hydrogens is 462 g/mol. The highest BCUT2D eigenvalue weighted by atomic mass is 35.5. The molecule has 0 aliphatic rings. The summed E-state index contributed by atoms with van der Waals surface area (Å²) in [4.78, 5) is 27.6. The van der Waals surface area contributed by atoms with Crippen LogP contribution in [-0.4, -0.2) is 50.5 Å². The molecule has 180 valence electrons. The number of rotatable bonds is 11. The fourth-order valence-corrected chi connectivity index (χ4v) is 4.30. The lowest BCUT2D eigenvalue weighted by atomic mass is 10.1. The number of hydrogen-bond donors (Lipinski definition) is 1. The van der Waals surface area contributed by atoms with Crippen LogP contribution >= 0.6 is 11.6 Å². The van der Waals surface area contributed by atoms with Gasteiger partial charge in [0.2, 0.25) is 21.8 Å². The Morgan fingerprint density at radius 1 is 1.09 bits per heavy atom. The quantitative estimate of drug-likeness (QED) is 0.483. The van der Waals surface area contributed by atoms with Crippen molar-refractivity contribution in [2.45, 2.75) is 46.2 Å². The normalized spacial score (nSPS) is 12.2.